The highest BCUT2D eigenvalue weighted by atomic mass is 79.9. The van der Waals surface area contributed by atoms with Gasteiger partial charge in [0, 0.05) is 10.2 Å². The van der Waals surface area contributed by atoms with E-state index in [1.165, 1.54) is 0 Å². The number of fused-ring (bicyclic) bond motifs is 1. The van der Waals surface area contributed by atoms with Crippen LogP contribution in [-0.4, -0.2) is 12.5 Å². The molecule has 0 spiro atoms. The highest BCUT2D eigenvalue weighted by Crippen LogP contribution is 2.36. The van der Waals surface area contributed by atoms with E-state index >= 15 is 0 Å². The molecule has 0 saturated heterocycles. The van der Waals surface area contributed by atoms with Crippen LogP contribution in [0.2, 0.25) is 0 Å². The summed E-state index contributed by atoms with van der Waals surface area (Å²) in [5.74, 6) is 0.0559. The average molecular weight is 317 g/mol. The third kappa shape index (κ3) is 2.24. The number of rotatable bonds is 1. The molecule has 1 N–H and O–H groups in total. The molecule has 96 valence electrons. The van der Waals surface area contributed by atoms with Crippen molar-refractivity contribution >= 4 is 38.9 Å². The first-order chi connectivity index (χ1) is 9.15. The Morgan fingerprint density at radius 3 is 2.84 bits per heavy atom. The molecule has 3 nitrogen and oxygen atoms in total. The number of amides is 1. The Balaban J connectivity index is 2.13. The predicted octanol–water partition coefficient (Wildman–Crippen LogP) is 3.85. The van der Waals surface area contributed by atoms with Gasteiger partial charge in [-0.2, -0.15) is 0 Å². The van der Waals surface area contributed by atoms with E-state index in [9.17, 15) is 4.79 Å². The van der Waals surface area contributed by atoms with Crippen molar-refractivity contribution in [2.24, 2.45) is 0 Å². The minimum atomic E-state index is 0.0559. The van der Waals surface area contributed by atoms with E-state index in [1.54, 1.807) is 4.90 Å². The van der Waals surface area contributed by atoms with Crippen LogP contribution in [-0.2, 0) is 4.79 Å². The molecule has 2 aromatic carbocycles. The normalized spacial score (nSPS) is 14.0. The summed E-state index contributed by atoms with van der Waals surface area (Å²) in [6.45, 7) is 2.34. The number of benzene rings is 2. The quantitative estimate of drug-likeness (QED) is 0.866. The van der Waals surface area contributed by atoms with Crippen LogP contribution < -0.4 is 10.2 Å². The molecule has 0 aliphatic carbocycles. The summed E-state index contributed by atoms with van der Waals surface area (Å²) in [7, 11) is 0. The van der Waals surface area contributed by atoms with E-state index in [-0.39, 0.29) is 5.91 Å². The molecule has 1 heterocycles. The van der Waals surface area contributed by atoms with Crippen LogP contribution in [0.25, 0.3) is 0 Å². The van der Waals surface area contributed by atoms with E-state index in [0.29, 0.717) is 6.54 Å². The van der Waals surface area contributed by atoms with Crippen molar-refractivity contribution in [2.75, 3.05) is 16.8 Å². The molecule has 0 fully saturated rings. The van der Waals surface area contributed by atoms with Gasteiger partial charge in [-0.3, -0.25) is 9.69 Å². The Labute approximate surface area is 120 Å². The van der Waals surface area contributed by atoms with Crippen molar-refractivity contribution in [1.82, 2.24) is 0 Å². The number of anilines is 3. The lowest BCUT2D eigenvalue weighted by Crippen LogP contribution is -2.36. The maximum Gasteiger partial charge on any atom is 0.250 e. The maximum absolute atomic E-state index is 12.2. The zero-order valence-corrected chi connectivity index (χ0v) is 12.1. The molecule has 4 heteroatoms. The van der Waals surface area contributed by atoms with Crippen LogP contribution in [0.5, 0.6) is 0 Å². The lowest BCUT2D eigenvalue weighted by atomic mass is 10.1. The highest BCUT2D eigenvalue weighted by Gasteiger charge is 2.25. The number of nitrogens with one attached hydrogen (secondary N) is 1. The van der Waals surface area contributed by atoms with Gasteiger partial charge >= 0.3 is 0 Å². The van der Waals surface area contributed by atoms with Crippen molar-refractivity contribution in [3.8, 4) is 0 Å². The van der Waals surface area contributed by atoms with Gasteiger partial charge in [0.15, 0.2) is 0 Å². The molecule has 0 atom stereocenters. The van der Waals surface area contributed by atoms with Crippen molar-refractivity contribution in [3.05, 3.63) is 52.5 Å². The largest absolute Gasteiger partial charge is 0.374 e. The van der Waals surface area contributed by atoms with E-state index in [2.05, 4.69) is 21.2 Å². The second-order valence-corrected chi connectivity index (χ2v) is 5.50. The number of carbonyl (C=O) groups is 1. The minimum Gasteiger partial charge on any atom is -0.374 e. The van der Waals surface area contributed by atoms with Crippen LogP contribution in [0.4, 0.5) is 17.1 Å². The number of aryl methyl sites for hydroxylation is 1. The van der Waals surface area contributed by atoms with Gasteiger partial charge in [-0.15, -0.1) is 0 Å². The lowest BCUT2D eigenvalue weighted by molar-refractivity contribution is -0.116. The molecule has 0 aromatic heterocycles. The molecule has 0 radical (unpaired) electrons. The molecule has 1 aliphatic heterocycles. The summed E-state index contributed by atoms with van der Waals surface area (Å²) in [6.07, 6.45) is 0. The summed E-state index contributed by atoms with van der Waals surface area (Å²) in [6, 6.07) is 13.9. The topological polar surface area (TPSA) is 32.3 Å². The van der Waals surface area contributed by atoms with Crippen molar-refractivity contribution in [3.63, 3.8) is 0 Å². The molecule has 1 amide bonds. The highest BCUT2D eigenvalue weighted by molar-refractivity contribution is 9.10. The Bertz CT molecular complexity index is 654. The van der Waals surface area contributed by atoms with Gasteiger partial charge in [0.2, 0.25) is 0 Å². The molecule has 0 unspecified atom stereocenters. The zero-order valence-electron chi connectivity index (χ0n) is 10.5. The number of carbonyl (C=O) groups excluding carboxylic acids is 1. The summed E-state index contributed by atoms with van der Waals surface area (Å²) >= 11 is 3.45. The van der Waals surface area contributed by atoms with Crippen LogP contribution >= 0.6 is 15.9 Å². The second kappa shape index (κ2) is 4.70. The van der Waals surface area contributed by atoms with Crippen LogP contribution in [0, 0.1) is 6.92 Å². The average Bonchev–Trinajstić information content (AvgIpc) is 2.39. The number of hydrogen-bond donors (Lipinski definition) is 1. The van der Waals surface area contributed by atoms with Gasteiger partial charge in [0.25, 0.3) is 5.91 Å². The summed E-state index contributed by atoms with van der Waals surface area (Å²) in [5, 5.41) is 3.15. The fourth-order valence-electron chi connectivity index (χ4n) is 2.28. The Hall–Kier alpha value is -1.81. The Morgan fingerprint density at radius 1 is 1.21 bits per heavy atom. The summed E-state index contributed by atoms with van der Waals surface area (Å²) in [5.41, 5.74) is 3.91. The van der Waals surface area contributed by atoms with Gasteiger partial charge in [-0.05, 0) is 42.8 Å². The zero-order chi connectivity index (χ0) is 13.4. The van der Waals surface area contributed by atoms with Crippen molar-refractivity contribution < 1.29 is 4.79 Å². The molecule has 19 heavy (non-hydrogen) atoms. The standard InChI is InChI=1S/C15H13BrN2O/c1-10-3-2-4-12(7-10)18-14-6-5-11(16)8-13(14)17-9-15(18)19/h2-8,17H,9H2,1H3. The SMILES string of the molecule is Cc1cccc(N2C(=O)CNc3cc(Br)ccc32)c1. The van der Waals surface area contributed by atoms with Gasteiger partial charge in [0.05, 0.1) is 17.9 Å². The lowest BCUT2D eigenvalue weighted by Gasteiger charge is -2.30. The first kappa shape index (κ1) is 12.2. The molecule has 2 aromatic rings. The predicted molar refractivity (Wildman–Crippen MR) is 81.0 cm³/mol. The Morgan fingerprint density at radius 2 is 2.05 bits per heavy atom. The van der Waals surface area contributed by atoms with Crippen molar-refractivity contribution in [1.29, 1.82) is 0 Å². The smallest absolute Gasteiger partial charge is 0.250 e. The van der Waals surface area contributed by atoms with E-state index in [4.69, 9.17) is 0 Å². The summed E-state index contributed by atoms with van der Waals surface area (Å²) in [4.78, 5) is 14.0. The van der Waals surface area contributed by atoms with Gasteiger partial charge in [-0.1, -0.05) is 28.1 Å². The van der Waals surface area contributed by atoms with Crippen LogP contribution in [0.15, 0.2) is 46.9 Å². The fourth-order valence-corrected chi connectivity index (χ4v) is 2.64. The van der Waals surface area contributed by atoms with Gasteiger partial charge in [0.1, 0.15) is 0 Å². The van der Waals surface area contributed by atoms with E-state index in [0.717, 1.165) is 27.1 Å². The third-order valence-electron chi connectivity index (χ3n) is 3.14. The number of halogens is 1. The summed E-state index contributed by atoms with van der Waals surface area (Å²) < 4.78 is 0.997. The van der Waals surface area contributed by atoms with Gasteiger partial charge < -0.3 is 5.32 Å². The first-order valence-corrected chi connectivity index (χ1v) is 6.87. The van der Waals surface area contributed by atoms with Gasteiger partial charge in [-0.25, -0.2) is 0 Å². The van der Waals surface area contributed by atoms with E-state index in [1.807, 2.05) is 49.4 Å². The second-order valence-electron chi connectivity index (χ2n) is 4.58. The maximum atomic E-state index is 12.2. The molecule has 3 rings (SSSR count). The first-order valence-electron chi connectivity index (χ1n) is 6.08. The van der Waals surface area contributed by atoms with Crippen LogP contribution in [0.1, 0.15) is 5.56 Å². The number of hydrogen-bond acceptors (Lipinski definition) is 2. The molecular weight excluding hydrogens is 304 g/mol. The molecular formula is C15H13BrN2O. The fraction of sp³-hybridized carbons (Fsp3) is 0.133. The molecule has 0 bridgehead atoms. The monoisotopic (exact) mass is 316 g/mol. The molecule has 1 aliphatic rings. The molecule has 0 saturated carbocycles. The third-order valence-corrected chi connectivity index (χ3v) is 3.63. The number of nitrogens with zero attached hydrogens (tertiary/aromatic N) is 1. The minimum absolute atomic E-state index is 0.0559. The Kier molecular flexibility index (Phi) is 3.03. The van der Waals surface area contributed by atoms with E-state index < -0.39 is 0 Å². The van der Waals surface area contributed by atoms with Crippen molar-refractivity contribution in [2.45, 2.75) is 6.92 Å². The van der Waals surface area contributed by atoms with Crippen LogP contribution in [0.3, 0.4) is 0 Å².